The molecular weight excluding hydrogens is 656 g/mol. The van der Waals surface area contributed by atoms with Crippen molar-refractivity contribution in [3.63, 3.8) is 0 Å². The summed E-state index contributed by atoms with van der Waals surface area (Å²) < 4.78 is 16.5. The molecule has 10 heteroatoms. The summed E-state index contributed by atoms with van der Waals surface area (Å²) in [7, 11) is 0. The summed E-state index contributed by atoms with van der Waals surface area (Å²) in [5.41, 5.74) is 0.754. The lowest BCUT2D eigenvalue weighted by molar-refractivity contribution is -0.0581. The van der Waals surface area contributed by atoms with Gasteiger partial charge in [-0.15, -0.1) is 0 Å². The number of amides is 3. The molecule has 3 saturated carbocycles. The fourth-order valence-electron chi connectivity index (χ4n) is 10.3. The molecule has 0 aromatic rings. The Labute approximate surface area is 314 Å². The normalized spacial score (nSPS) is 30.5. The number of nitrogens with one attached hydrogen (secondary N) is 3. The van der Waals surface area contributed by atoms with Crippen LogP contribution in [0, 0.1) is 46.3 Å². The van der Waals surface area contributed by atoms with Gasteiger partial charge in [-0.05, 0) is 139 Å². The standard InChI is InChI=1S/C42H72N4O6/c1-27(2)14-12-15-28(3)32-18-19-33-31-17-16-29-26-30(20-22-41(29,10)34(31)21-23-42(32,33)11)50-36(47)44-25-13-24-43-35(45-37(48)51-39(4,5)6)46-38(49)52-40(7,8)9/h16,27-28,30-34H,12-15,17-26H2,1-11H3,(H,44,47)(H2,43,45,46,48,49)/t28-,30+,31+,32-,33+,34+,41+,42-/m1/s1. The highest BCUT2D eigenvalue weighted by molar-refractivity contribution is 6.01. The molecule has 10 nitrogen and oxygen atoms in total. The molecule has 0 aliphatic heterocycles. The molecule has 8 atom stereocenters. The van der Waals surface area contributed by atoms with Gasteiger partial charge in [0.15, 0.2) is 0 Å². The summed E-state index contributed by atoms with van der Waals surface area (Å²) in [6.45, 7) is 23.4. The summed E-state index contributed by atoms with van der Waals surface area (Å²) >= 11 is 0. The topological polar surface area (TPSA) is 127 Å². The van der Waals surface area contributed by atoms with Crippen molar-refractivity contribution in [2.45, 2.75) is 171 Å². The number of alkyl carbamates (subject to hydrolysis) is 3. The second kappa shape index (κ2) is 17.1. The maximum absolute atomic E-state index is 12.8. The Hall–Kier alpha value is -2.78. The highest BCUT2D eigenvalue weighted by Gasteiger charge is 2.59. The minimum Gasteiger partial charge on any atom is -0.446 e. The first kappa shape index (κ1) is 42.0. The Kier molecular flexibility index (Phi) is 13.8. The number of carbonyl (C=O) groups is 3. The largest absolute Gasteiger partial charge is 0.446 e. The number of hydrogen-bond acceptors (Lipinski definition) is 7. The fourth-order valence-corrected chi connectivity index (χ4v) is 10.3. The van der Waals surface area contributed by atoms with E-state index in [1.807, 2.05) is 0 Å². The summed E-state index contributed by atoms with van der Waals surface area (Å²) in [5, 5.41) is 7.81. The Balaban J connectivity index is 1.26. The molecule has 0 heterocycles. The average Bonchev–Trinajstić information content (AvgIpc) is 3.36. The third-order valence-electron chi connectivity index (χ3n) is 12.6. The maximum Gasteiger partial charge on any atom is 0.414 e. The van der Waals surface area contributed by atoms with Gasteiger partial charge in [-0.2, -0.15) is 0 Å². The number of rotatable bonds is 10. The van der Waals surface area contributed by atoms with Gasteiger partial charge in [0.25, 0.3) is 0 Å². The number of guanidine groups is 1. The molecule has 0 bridgehead atoms. The fraction of sp³-hybridized carbons (Fsp3) is 0.857. The summed E-state index contributed by atoms with van der Waals surface area (Å²) in [6, 6.07) is 0. The molecule has 4 rings (SSSR count). The van der Waals surface area contributed by atoms with Crippen molar-refractivity contribution in [3.05, 3.63) is 11.6 Å². The van der Waals surface area contributed by atoms with Crippen LogP contribution in [0.15, 0.2) is 16.6 Å². The molecule has 4 aliphatic rings. The molecule has 296 valence electrons. The van der Waals surface area contributed by atoms with E-state index in [0.29, 0.717) is 18.4 Å². The van der Waals surface area contributed by atoms with Crippen LogP contribution in [0.1, 0.15) is 153 Å². The number of aliphatic imine (C=N–C) groups is 1. The highest BCUT2D eigenvalue weighted by atomic mass is 16.6. The number of hydrogen-bond donors (Lipinski definition) is 3. The van der Waals surface area contributed by atoms with E-state index >= 15 is 0 Å². The van der Waals surface area contributed by atoms with Crippen molar-refractivity contribution in [2.24, 2.45) is 51.3 Å². The number of nitrogens with zero attached hydrogens (tertiary/aromatic N) is 1. The summed E-state index contributed by atoms with van der Waals surface area (Å²) in [6.07, 6.45) is 14.6. The van der Waals surface area contributed by atoms with Gasteiger partial charge < -0.3 is 19.5 Å². The Bertz CT molecular complexity index is 1280. The predicted molar refractivity (Wildman–Crippen MR) is 207 cm³/mol. The third kappa shape index (κ3) is 11.1. The third-order valence-corrected chi connectivity index (χ3v) is 12.6. The Morgan fingerprint density at radius 1 is 0.846 bits per heavy atom. The maximum atomic E-state index is 12.8. The van der Waals surface area contributed by atoms with Gasteiger partial charge in [-0.25, -0.2) is 14.4 Å². The molecule has 0 unspecified atom stereocenters. The minimum atomic E-state index is -0.747. The molecule has 3 amide bonds. The van der Waals surface area contributed by atoms with E-state index in [-0.39, 0.29) is 24.0 Å². The van der Waals surface area contributed by atoms with Crippen molar-refractivity contribution < 1.29 is 28.6 Å². The van der Waals surface area contributed by atoms with Crippen LogP contribution < -0.4 is 16.0 Å². The number of allylic oxidation sites excluding steroid dienone is 1. The molecule has 0 aromatic heterocycles. The van der Waals surface area contributed by atoms with Gasteiger partial charge in [-0.1, -0.05) is 65.5 Å². The van der Waals surface area contributed by atoms with Crippen LogP contribution in [0.2, 0.25) is 0 Å². The monoisotopic (exact) mass is 729 g/mol. The Morgan fingerprint density at radius 2 is 1.50 bits per heavy atom. The van der Waals surface area contributed by atoms with Gasteiger partial charge in [-0.3, -0.25) is 15.6 Å². The molecule has 0 radical (unpaired) electrons. The van der Waals surface area contributed by atoms with Crippen molar-refractivity contribution >= 4 is 24.2 Å². The van der Waals surface area contributed by atoms with Crippen molar-refractivity contribution in [3.8, 4) is 0 Å². The first-order valence-electron chi connectivity index (χ1n) is 20.4. The second-order valence-electron chi connectivity index (χ2n) is 19.3. The van der Waals surface area contributed by atoms with E-state index in [1.165, 1.54) is 56.9 Å². The van der Waals surface area contributed by atoms with Crippen LogP contribution in [-0.2, 0) is 14.2 Å². The quantitative estimate of drug-likeness (QED) is 0.0676. The van der Waals surface area contributed by atoms with Crippen molar-refractivity contribution in [1.29, 1.82) is 0 Å². The molecule has 4 aliphatic carbocycles. The van der Waals surface area contributed by atoms with Crippen LogP contribution >= 0.6 is 0 Å². The van der Waals surface area contributed by atoms with Crippen LogP contribution in [0.5, 0.6) is 0 Å². The smallest absolute Gasteiger partial charge is 0.414 e. The summed E-state index contributed by atoms with van der Waals surface area (Å²) in [5.74, 6) is 4.75. The zero-order valence-corrected chi connectivity index (χ0v) is 34.4. The van der Waals surface area contributed by atoms with Crippen molar-refractivity contribution in [1.82, 2.24) is 16.0 Å². The minimum absolute atomic E-state index is 0.0821. The zero-order valence-electron chi connectivity index (χ0n) is 34.4. The lowest BCUT2D eigenvalue weighted by Crippen LogP contribution is -2.51. The zero-order chi connectivity index (χ0) is 38.5. The molecule has 0 aromatic carbocycles. The first-order valence-corrected chi connectivity index (χ1v) is 20.4. The van der Waals surface area contributed by atoms with E-state index in [4.69, 9.17) is 14.2 Å². The number of ether oxygens (including phenoxy) is 3. The van der Waals surface area contributed by atoms with Gasteiger partial charge in [0.2, 0.25) is 5.96 Å². The molecule has 0 saturated heterocycles. The van der Waals surface area contributed by atoms with Gasteiger partial charge in [0.1, 0.15) is 17.3 Å². The first-order chi connectivity index (χ1) is 24.2. The van der Waals surface area contributed by atoms with E-state index < -0.39 is 29.5 Å². The lowest BCUT2D eigenvalue weighted by Gasteiger charge is -2.58. The average molecular weight is 729 g/mol. The predicted octanol–water partition coefficient (Wildman–Crippen LogP) is 9.92. The van der Waals surface area contributed by atoms with Crippen LogP contribution in [-0.4, -0.2) is 54.6 Å². The van der Waals surface area contributed by atoms with E-state index in [9.17, 15) is 14.4 Å². The summed E-state index contributed by atoms with van der Waals surface area (Å²) in [4.78, 5) is 41.8. The van der Waals surface area contributed by atoms with Crippen LogP contribution in [0.3, 0.4) is 0 Å². The Morgan fingerprint density at radius 3 is 2.12 bits per heavy atom. The molecule has 0 spiro atoms. The molecule has 52 heavy (non-hydrogen) atoms. The molecular formula is C42H72N4O6. The number of fused-ring (bicyclic) bond motifs is 5. The molecule has 3 N–H and O–H groups in total. The van der Waals surface area contributed by atoms with Gasteiger partial charge in [0.05, 0.1) is 0 Å². The highest BCUT2D eigenvalue weighted by Crippen LogP contribution is 2.67. The van der Waals surface area contributed by atoms with Crippen LogP contribution in [0.4, 0.5) is 14.4 Å². The van der Waals surface area contributed by atoms with Gasteiger partial charge >= 0.3 is 18.3 Å². The second-order valence-corrected chi connectivity index (χ2v) is 19.3. The van der Waals surface area contributed by atoms with Crippen LogP contribution in [0.25, 0.3) is 0 Å². The number of carbonyl (C=O) groups excluding carboxylic acids is 3. The van der Waals surface area contributed by atoms with Gasteiger partial charge in [0, 0.05) is 19.5 Å². The van der Waals surface area contributed by atoms with E-state index in [1.54, 1.807) is 41.5 Å². The van der Waals surface area contributed by atoms with E-state index in [2.05, 4.69) is 61.6 Å². The molecule has 3 fully saturated rings. The van der Waals surface area contributed by atoms with Crippen molar-refractivity contribution in [2.75, 3.05) is 13.1 Å². The van der Waals surface area contributed by atoms with E-state index in [0.717, 1.165) is 54.8 Å². The lowest BCUT2D eigenvalue weighted by atomic mass is 9.47. The SMILES string of the molecule is CC(C)CCC[C@@H](C)[C@H]1CC[C@H]2[C@@H]3CC=C4C[C@@H](OC(=O)NCCCN=C(NC(=O)OC(C)(C)C)NC(=O)OC(C)(C)C)CC[C@]4(C)[C@H]3CC[C@]12C.